The molecule has 0 fully saturated rings. The molecule has 5 rings (SSSR count). The number of alkyl halides is 1. The first-order valence-corrected chi connectivity index (χ1v) is 45.3. The number of terminal acetylenes is 5. The predicted molar refractivity (Wildman–Crippen MR) is 538 cm³/mol. The second-order valence-electron chi connectivity index (χ2n) is 36.9. The number of ether oxygens (including phenoxy) is 6. The van der Waals surface area contributed by atoms with Crippen LogP contribution in [0.15, 0.2) is 49.0 Å². The number of fused-ring (bicyclic) bond motifs is 2. The number of alkyl carbamates (subject to hydrolysis) is 1. The van der Waals surface area contributed by atoms with Crippen molar-refractivity contribution in [3.8, 4) is 61.7 Å². The number of aromatic nitrogens is 2. The van der Waals surface area contributed by atoms with Gasteiger partial charge in [0.25, 0.3) is 0 Å². The molecule has 4 N–H and O–H groups in total. The van der Waals surface area contributed by atoms with E-state index in [1.54, 1.807) is 177 Å². The molecule has 0 spiro atoms. The van der Waals surface area contributed by atoms with Gasteiger partial charge in [0.15, 0.2) is 17.5 Å². The van der Waals surface area contributed by atoms with Crippen LogP contribution in [0.5, 0.6) is 0 Å². The molecule has 0 saturated heterocycles. The summed E-state index contributed by atoms with van der Waals surface area (Å²) in [5.41, 5.74) is 0.631. The molecule has 8 amide bonds. The minimum atomic E-state index is -1.58. The molecule has 0 unspecified atom stereocenters. The number of isocyanates is 1. The number of carbonyl (C=O) groups excluding carboxylic acids is 10. The number of aliphatic imine (C=N–C) groups is 1. The molecule has 3 aromatic rings. The third-order valence-corrected chi connectivity index (χ3v) is 17.6. The Morgan fingerprint density at radius 3 is 1.27 bits per heavy atom. The van der Waals surface area contributed by atoms with Crippen molar-refractivity contribution in [2.75, 3.05) is 79.3 Å². The number of nitrogens with zero attached hydrogens (tertiary/aromatic N) is 13. The second-order valence-corrected chi connectivity index (χ2v) is 37.9. The molecular weight excluding hydrogens is 1900 g/mol. The van der Waals surface area contributed by atoms with Gasteiger partial charge in [-0.2, -0.15) is 4.99 Å². The van der Waals surface area contributed by atoms with E-state index in [1.165, 1.54) is 60.8 Å². The van der Waals surface area contributed by atoms with Crippen molar-refractivity contribution >= 4 is 105 Å². The topological polar surface area (TPSA) is 406 Å². The van der Waals surface area contributed by atoms with Gasteiger partial charge in [0.2, 0.25) is 17.9 Å². The number of oxime groups is 2. The summed E-state index contributed by atoms with van der Waals surface area (Å²) in [4.78, 5) is 130. The van der Waals surface area contributed by atoms with Crippen LogP contribution >= 0.6 is 27.5 Å². The smallest absolute Gasteiger partial charge is 1.00 e. The van der Waals surface area contributed by atoms with Crippen LogP contribution in [-0.2, 0) is 73.5 Å². The quantitative estimate of drug-likeness (QED) is 0.00654. The summed E-state index contributed by atoms with van der Waals surface area (Å²) in [6, 6.07) is 0.539. The van der Waals surface area contributed by atoms with Crippen molar-refractivity contribution in [1.29, 1.82) is 0 Å². The Labute approximate surface area is 863 Å². The number of carbonyl (C=O) groups is 9. The van der Waals surface area contributed by atoms with Crippen molar-refractivity contribution in [2.45, 2.75) is 343 Å². The Morgan fingerprint density at radius 1 is 0.590 bits per heavy atom. The summed E-state index contributed by atoms with van der Waals surface area (Å²) in [6.07, 6.45) is 32.4. The van der Waals surface area contributed by atoms with Gasteiger partial charge in [0, 0.05) is 151 Å². The van der Waals surface area contributed by atoms with E-state index in [0.29, 0.717) is 42.9 Å². The summed E-state index contributed by atoms with van der Waals surface area (Å²) in [5, 5.41) is 37.0. The minimum absolute atomic E-state index is 0. The molecule has 35 nitrogen and oxygen atoms in total. The summed E-state index contributed by atoms with van der Waals surface area (Å²) in [7, 11) is 6.72. The maximum Gasteiger partial charge on any atom is 1.00 e. The first-order valence-electron chi connectivity index (χ1n) is 43.8. The number of benzene rings is 1. The number of nitrogens with one attached hydrogen (secondary N) is 2. The molecule has 2 aliphatic heterocycles. The molecule has 2 aromatic heterocycles. The van der Waals surface area contributed by atoms with Crippen LogP contribution in [0.2, 0.25) is 0 Å². The van der Waals surface area contributed by atoms with Crippen LogP contribution in [0, 0.1) is 79.2 Å². The van der Waals surface area contributed by atoms with Gasteiger partial charge in [-0.25, -0.2) is 46.7 Å². The molecule has 0 aliphatic carbocycles. The maximum atomic E-state index is 12.4. The Balaban J connectivity index is -0.000000197. The average molecular weight is 2060 g/mol. The minimum Gasteiger partial charge on any atom is -1.00 e. The molecule has 139 heavy (non-hydrogen) atoms. The molecule has 0 saturated carbocycles. The van der Waals surface area contributed by atoms with Crippen LogP contribution in [0.4, 0.5) is 47.6 Å². The first kappa shape index (κ1) is 144. The van der Waals surface area contributed by atoms with Gasteiger partial charge < -0.3 is 84.3 Å². The van der Waals surface area contributed by atoms with Gasteiger partial charge in [0.05, 0.1) is 55.1 Å². The Morgan fingerprint density at radius 2 is 0.942 bits per heavy atom. The van der Waals surface area contributed by atoms with E-state index < -0.39 is 81.5 Å². The van der Waals surface area contributed by atoms with Crippen molar-refractivity contribution in [3.05, 3.63) is 64.6 Å². The molecule has 2 aliphatic rings. The number of amides is 8. The molecule has 4 heterocycles. The molecule has 784 valence electrons. The van der Waals surface area contributed by atoms with E-state index in [-0.39, 0.29) is 163 Å². The van der Waals surface area contributed by atoms with E-state index in [4.69, 9.17) is 91.6 Å². The Hall–Kier alpha value is -10.5. The van der Waals surface area contributed by atoms with Gasteiger partial charge in [-0.05, 0) is 193 Å². The Kier molecular flexibility index (Phi) is 77.1. The van der Waals surface area contributed by atoms with E-state index in [1.807, 2.05) is 34.6 Å². The molecule has 7 atom stereocenters. The number of aldehydes is 1. The van der Waals surface area contributed by atoms with Crippen molar-refractivity contribution in [1.82, 2.24) is 60.1 Å². The summed E-state index contributed by atoms with van der Waals surface area (Å²) < 4.78 is 78.1. The number of hydrogen-bond donors (Lipinski definition) is 4. The molecule has 41 heteroatoms. The fourth-order valence-corrected chi connectivity index (χ4v) is 10.5. The van der Waals surface area contributed by atoms with E-state index in [9.17, 15) is 61.1 Å². The summed E-state index contributed by atoms with van der Waals surface area (Å²) in [6.45, 7) is 57.4. The predicted octanol–water partition coefficient (Wildman–Crippen LogP) is 15.6. The molecule has 0 radical (unpaired) electrons. The normalized spacial score (nSPS) is 13.6. The third-order valence-electron chi connectivity index (χ3n) is 17.1. The fraction of sp³-hybridized carbons (Fsp3) is 0.653. The van der Waals surface area contributed by atoms with Gasteiger partial charge in [-0.1, -0.05) is 108 Å². The zero-order valence-electron chi connectivity index (χ0n) is 87.9. The molecular formula is C98H161BrClF3N15NaO20. The van der Waals surface area contributed by atoms with Crippen LogP contribution in [0.1, 0.15) is 265 Å². The van der Waals surface area contributed by atoms with Crippen molar-refractivity contribution in [3.63, 3.8) is 0 Å². The van der Waals surface area contributed by atoms with Gasteiger partial charge in [-0.3, -0.25) is 29.2 Å². The second kappa shape index (κ2) is 74.5. The standard InChI is InChI=1S/C14H24N2O3.C12H19ClN2O3.C12H18N2O3.C12H20N2O3.C12H19NO3.C11H22N2O3.C7H2F3NO.C7H10N2O.C6H15N.C3H3Br.2CH4.Na.H/c1-8-9-16(13(18)19-14(3,4)5)11(2)10-12(17)15(6)7;1-6-7-15(9(2)8-10(13)14-17)11(16)18-12(3,4)5;1-8-5-10-9(7-16-13-10)6-14(8)11(15)17-12(2,3)4;1-6-9-14(10(2)7-8-13-16)11(15)17-12(3,4)5;1-6-8-13(10(2)7-9-14)11(15)16-12(3,4)5;1-8(7-9(14)13(5)6)12-10(15)16-11(2,3)4;8-5-1-4(11-3-12)2-6(9)7(5)10;1-5-2-7-6(3-8-5)4-10-9-7;1-4-7(5-2)6-3;1-2-3-4;;;;/h1,11H,9-10H2,2-7H3;1,9,17H,7-8H2,2-5H3;7-8H,5-6H2,1-4H3;1,8,10,16H,7,9H2,2-5H3;1,9-10H,7-8H2,2-5H3;8H,7H2,1-6H3,(H,12,15);1-2H;4-5,8H,2-3H2,1H3;4-6H2,1-3H3;1H,3H2;2*1H4;;/q;;;;;;;;;;;;+1;-1/b;14-10+;;13-8-;;;;;;;;;;/t11-;9-;8-;2*10-;8-;;5-;;;;;;/m000000.0....../s1. The van der Waals surface area contributed by atoms with E-state index in [2.05, 4.69) is 114 Å². The van der Waals surface area contributed by atoms with E-state index >= 15 is 0 Å². The van der Waals surface area contributed by atoms with Crippen LogP contribution < -0.4 is 40.2 Å². The molecule has 1 aromatic carbocycles. The molecule has 0 bridgehead atoms. The first-order chi connectivity index (χ1) is 62.7. The van der Waals surface area contributed by atoms with Crippen LogP contribution in [-0.4, -0.2) is 287 Å². The maximum absolute atomic E-state index is 12.4. The Bertz CT molecular complexity index is 4390. The van der Waals surface area contributed by atoms with Crippen LogP contribution in [0.3, 0.4) is 0 Å². The largest absolute Gasteiger partial charge is 1.00 e. The van der Waals surface area contributed by atoms with Gasteiger partial charge >= 0.3 is 66.1 Å². The zero-order chi connectivity index (χ0) is 107. The van der Waals surface area contributed by atoms with Crippen molar-refractivity contribution < 1.29 is 140 Å². The van der Waals surface area contributed by atoms with Crippen LogP contribution in [0.25, 0.3) is 0 Å². The summed E-state index contributed by atoms with van der Waals surface area (Å²) in [5.74, 6) is 7.51. The third kappa shape index (κ3) is 71.6. The number of rotatable bonds is 23. The van der Waals surface area contributed by atoms with Gasteiger partial charge in [-0.15, -0.1) is 37.3 Å². The van der Waals surface area contributed by atoms with E-state index in [0.717, 1.165) is 42.3 Å². The number of halogens is 5. The van der Waals surface area contributed by atoms with Crippen molar-refractivity contribution in [2.24, 2.45) is 15.3 Å². The monoisotopic (exact) mass is 2060 g/mol. The fourth-order valence-electron chi connectivity index (χ4n) is 10.3. The average Bonchev–Trinajstić information content (AvgIpc) is 1.63. The summed E-state index contributed by atoms with van der Waals surface area (Å²) >= 11 is 8.62. The zero-order valence-corrected chi connectivity index (χ0v) is 91.2. The SMILES string of the molecule is C.C.C#CCBr.C#CCN(C(=O)OC(C)(C)C)[C@@H](C)C/C(Cl)=N\O.C#CCN(C(=O)OC(C)(C)C)[C@@H](C)C/C=N\O.C#CCN(C(=O)OC(C)(C)C)[C@@H](C)CC(=O)N(C)C.C#CCN(C(=O)OC(C)(C)C)[C@@H](C)CC=O.CCN(CC)CC.C[C@@H](CC(=O)N(C)C)NC(=O)OC(C)(C)C.C[C@H]1Cc2nocc2CN1.C[C@H]1Cc2nocc2CN1C(=O)OC(C)(C)C.O=C=Nc1cc(F)c(F)c(F)c1.[H-].[Na+]. The van der Waals surface area contributed by atoms with Gasteiger partial charge in [0.1, 0.15) is 57.6 Å². The number of hydrogen-bond acceptors (Lipinski definition) is 27.